The number of benzene rings is 2. The van der Waals surface area contributed by atoms with Crippen molar-refractivity contribution in [3.05, 3.63) is 71.3 Å². The second-order valence-corrected chi connectivity index (χ2v) is 6.28. The van der Waals surface area contributed by atoms with Crippen molar-refractivity contribution in [3.8, 4) is 0 Å². The number of amides is 1. The van der Waals surface area contributed by atoms with Gasteiger partial charge in [-0.25, -0.2) is 0 Å². The van der Waals surface area contributed by atoms with Crippen LogP contribution in [-0.4, -0.2) is 23.4 Å². The zero-order valence-electron chi connectivity index (χ0n) is 14.0. The van der Waals surface area contributed by atoms with Gasteiger partial charge in [-0.1, -0.05) is 67.9 Å². The van der Waals surface area contributed by atoms with Gasteiger partial charge in [0.2, 0.25) is 5.91 Å². The molecule has 1 aliphatic rings. The highest BCUT2D eigenvalue weighted by atomic mass is 35.5. The van der Waals surface area contributed by atoms with Crippen LogP contribution in [0.4, 0.5) is 0 Å². The summed E-state index contributed by atoms with van der Waals surface area (Å²) in [5, 5.41) is 0. The van der Waals surface area contributed by atoms with Gasteiger partial charge in [0.25, 0.3) is 0 Å². The van der Waals surface area contributed by atoms with Gasteiger partial charge in [0.05, 0.1) is 6.04 Å². The molecule has 0 aliphatic carbocycles. The molecule has 0 aromatic heterocycles. The van der Waals surface area contributed by atoms with Crippen LogP contribution in [-0.2, 0) is 11.3 Å². The third-order valence-electron chi connectivity index (χ3n) is 4.63. The van der Waals surface area contributed by atoms with E-state index in [0.29, 0.717) is 13.1 Å². The molecule has 2 unspecified atom stereocenters. The minimum Gasteiger partial charge on any atom is -0.336 e. The summed E-state index contributed by atoms with van der Waals surface area (Å²) >= 11 is 0. The lowest BCUT2D eigenvalue weighted by Crippen LogP contribution is -2.47. The van der Waals surface area contributed by atoms with Crippen LogP contribution in [0.5, 0.6) is 0 Å². The van der Waals surface area contributed by atoms with Gasteiger partial charge in [-0.05, 0) is 23.1 Å². The van der Waals surface area contributed by atoms with Crippen LogP contribution in [0.1, 0.15) is 42.4 Å². The van der Waals surface area contributed by atoms with E-state index in [0.717, 1.165) is 12.8 Å². The second-order valence-electron chi connectivity index (χ2n) is 6.28. The van der Waals surface area contributed by atoms with Crippen LogP contribution in [0.15, 0.2) is 54.6 Å². The number of carbonyl (C=O) groups excluding carboxylic acids is 1. The van der Waals surface area contributed by atoms with Crippen LogP contribution in [0, 0.1) is 0 Å². The lowest BCUT2D eigenvalue weighted by atomic mass is 9.84. The summed E-state index contributed by atoms with van der Waals surface area (Å²) in [7, 11) is 0. The maximum Gasteiger partial charge on any atom is 0.239 e. The standard InChI is InChI=1S/C20H24N2O.ClH/c1-2-8-19(21)20(23)22-13-16-11-6-7-12-17(16)18(14-22)15-9-4-3-5-10-15;/h3-7,9-12,18-19H,2,8,13-14,21H2,1H3;1H. The number of nitrogens with two attached hydrogens (primary N) is 1. The van der Waals surface area contributed by atoms with E-state index in [-0.39, 0.29) is 30.3 Å². The maximum atomic E-state index is 12.7. The SMILES string of the molecule is CCCC(N)C(=O)N1Cc2ccccc2C(c2ccccc2)C1.Cl. The van der Waals surface area contributed by atoms with E-state index in [1.54, 1.807) is 0 Å². The molecule has 0 saturated carbocycles. The summed E-state index contributed by atoms with van der Waals surface area (Å²) in [6.45, 7) is 3.43. The second kappa shape index (κ2) is 8.32. The molecule has 1 heterocycles. The molecule has 128 valence electrons. The average molecular weight is 345 g/mol. The molecule has 0 bridgehead atoms. The summed E-state index contributed by atoms with van der Waals surface area (Å²) in [5.41, 5.74) is 9.88. The number of hydrogen-bond donors (Lipinski definition) is 1. The fraction of sp³-hybridized carbons (Fsp3) is 0.350. The van der Waals surface area contributed by atoms with Crippen LogP contribution in [0.3, 0.4) is 0 Å². The van der Waals surface area contributed by atoms with Crippen molar-refractivity contribution in [1.82, 2.24) is 4.90 Å². The van der Waals surface area contributed by atoms with E-state index in [9.17, 15) is 4.79 Å². The molecule has 4 heteroatoms. The molecule has 24 heavy (non-hydrogen) atoms. The molecule has 3 rings (SSSR count). The molecule has 2 aromatic carbocycles. The predicted molar refractivity (Wildman–Crippen MR) is 100 cm³/mol. The monoisotopic (exact) mass is 344 g/mol. The third-order valence-corrected chi connectivity index (χ3v) is 4.63. The molecule has 2 atom stereocenters. The fourth-order valence-corrected chi connectivity index (χ4v) is 3.41. The first-order chi connectivity index (χ1) is 11.2. The number of carbonyl (C=O) groups is 1. The minimum absolute atomic E-state index is 0. The number of halogens is 1. The van der Waals surface area contributed by atoms with E-state index in [4.69, 9.17) is 5.73 Å². The van der Waals surface area contributed by atoms with E-state index in [1.165, 1.54) is 16.7 Å². The number of nitrogens with zero attached hydrogens (tertiary/aromatic N) is 1. The summed E-state index contributed by atoms with van der Waals surface area (Å²) in [4.78, 5) is 14.6. The number of hydrogen-bond acceptors (Lipinski definition) is 2. The first kappa shape index (κ1) is 18.5. The maximum absolute atomic E-state index is 12.7. The molecular weight excluding hydrogens is 320 g/mol. The van der Waals surface area contributed by atoms with E-state index >= 15 is 0 Å². The van der Waals surface area contributed by atoms with Crippen LogP contribution < -0.4 is 5.73 Å². The molecule has 3 nitrogen and oxygen atoms in total. The Bertz CT molecular complexity index is 674. The molecule has 2 aromatic rings. The van der Waals surface area contributed by atoms with Crippen molar-refractivity contribution < 1.29 is 4.79 Å². The zero-order valence-corrected chi connectivity index (χ0v) is 14.8. The van der Waals surface area contributed by atoms with E-state index < -0.39 is 0 Å². The summed E-state index contributed by atoms with van der Waals surface area (Å²) in [6.07, 6.45) is 1.67. The van der Waals surface area contributed by atoms with E-state index in [2.05, 4.69) is 49.4 Å². The molecule has 1 aliphatic heterocycles. The molecular formula is C20H25ClN2O. The topological polar surface area (TPSA) is 46.3 Å². The Hall–Kier alpha value is -1.84. The largest absolute Gasteiger partial charge is 0.336 e. The van der Waals surface area contributed by atoms with Crippen LogP contribution in [0.25, 0.3) is 0 Å². The quantitative estimate of drug-likeness (QED) is 0.919. The van der Waals surface area contributed by atoms with Gasteiger partial charge in [0, 0.05) is 19.0 Å². The summed E-state index contributed by atoms with van der Waals surface area (Å²) in [5.74, 6) is 0.293. The third kappa shape index (κ3) is 3.80. The molecule has 0 radical (unpaired) electrons. The Balaban J connectivity index is 0.00000208. The fourth-order valence-electron chi connectivity index (χ4n) is 3.41. The first-order valence-corrected chi connectivity index (χ1v) is 8.37. The minimum atomic E-state index is -0.387. The van der Waals surface area contributed by atoms with Gasteiger partial charge in [-0.15, -0.1) is 12.4 Å². The average Bonchev–Trinajstić information content (AvgIpc) is 2.61. The molecule has 2 N–H and O–H groups in total. The van der Waals surface area contributed by atoms with Crippen molar-refractivity contribution in [2.24, 2.45) is 5.73 Å². The molecule has 1 amide bonds. The molecule has 0 spiro atoms. The highest BCUT2D eigenvalue weighted by molar-refractivity contribution is 5.85. The van der Waals surface area contributed by atoms with E-state index in [1.807, 2.05) is 17.0 Å². The first-order valence-electron chi connectivity index (χ1n) is 8.37. The Kier molecular flexibility index (Phi) is 6.41. The number of fused-ring (bicyclic) bond motifs is 1. The van der Waals surface area contributed by atoms with Gasteiger partial charge >= 0.3 is 0 Å². The summed E-state index contributed by atoms with van der Waals surface area (Å²) < 4.78 is 0. The molecule has 0 fully saturated rings. The Morgan fingerprint density at radius 1 is 1.17 bits per heavy atom. The van der Waals surface area contributed by atoms with Gasteiger partial charge in [0.1, 0.15) is 0 Å². The van der Waals surface area contributed by atoms with Gasteiger partial charge in [-0.3, -0.25) is 4.79 Å². The zero-order chi connectivity index (χ0) is 16.2. The normalized spacial score (nSPS) is 17.6. The highest BCUT2D eigenvalue weighted by Gasteiger charge is 2.30. The van der Waals surface area contributed by atoms with Crippen molar-refractivity contribution in [1.29, 1.82) is 0 Å². The van der Waals surface area contributed by atoms with Gasteiger partial charge in [-0.2, -0.15) is 0 Å². The van der Waals surface area contributed by atoms with Crippen molar-refractivity contribution >= 4 is 18.3 Å². The lowest BCUT2D eigenvalue weighted by Gasteiger charge is -2.36. The smallest absolute Gasteiger partial charge is 0.239 e. The van der Waals surface area contributed by atoms with Gasteiger partial charge < -0.3 is 10.6 Å². The van der Waals surface area contributed by atoms with Crippen molar-refractivity contribution in [3.63, 3.8) is 0 Å². The number of rotatable bonds is 4. The lowest BCUT2D eigenvalue weighted by molar-refractivity contribution is -0.133. The Morgan fingerprint density at radius 2 is 1.83 bits per heavy atom. The van der Waals surface area contributed by atoms with Crippen molar-refractivity contribution in [2.75, 3.05) is 6.54 Å². The Morgan fingerprint density at radius 3 is 2.54 bits per heavy atom. The van der Waals surface area contributed by atoms with Crippen molar-refractivity contribution in [2.45, 2.75) is 38.3 Å². The van der Waals surface area contributed by atoms with Crippen LogP contribution >= 0.6 is 12.4 Å². The predicted octanol–water partition coefficient (Wildman–Crippen LogP) is 3.71. The Labute approximate surface area is 150 Å². The molecule has 0 saturated heterocycles. The van der Waals surface area contributed by atoms with Gasteiger partial charge in [0.15, 0.2) is 0 Å². The highest BCUT2D eigenvalue weighted by Crippen LogP contribution is 2.33. The summed E-state index contributed by atoms with van der Waals surface area (Å²) in [6, 6.07) is 18.5. The van der Waals surface area contributed by atoms with Crippen LogP contribution in [0.2, 0.25) is 0 Å².